The summed E-state index contributed by atoms with van der Waals surface area (Å²) >= 11 is 0. The third-order valence-corrected chi connectivity index (χ3v) is 10.9. The normalized spacial score (nSPS) is 12.1. The van der Waals surface area contributed by atoms with Crippen LogP contribution in [0.15, 0.2) is 115 Å². The van der Waals surface area contributed by atoms with Crippen LogP contribution < -0.4 is 5.30 Å². The minimum absolute atomic E-state index is 0.191. The second-order valence-electron chi connectivity index (χ2n) is 10.8. The zero-order chi connectivity index (χ0) is 24.7. The van der Waals surface area contributed by atoms with E-state index in [1.54, 1.807) is 5.30 Å². The predicted molar refractivity (Wildman–Crippen MR) is 156 cm³/mol. The van der Waals surface area contributed by atoms with Gasteiger partial charge in [0, 0.05) is 0 Å². The van der Waals surface area contributed by atoms with Gasteiger partial charge in [0.25, 0.3) is 0 Å². The summed E-state index contributed by atoms with van der Waals surface area (Å²) in [5.41, 5.74) is 5.61. The van der Waals surface area contributed by atoms with E-state index >= 15 is 0 Å². The van der Waals surface area contributed by atoms with Crippen LogP contribution in [-0.2, 0) is 12.8 Å². The third-order valence-electron chi connectivity index (χ3n) is 7.18. The average Bonchev–Trinajstić information content (AvgIpc) is 2.88. The molecule has 0 heterocycles. The van der Waals surface area contributed by atoms with Crippen molar-refractivity contribution in [3.05, 3.63) is 126 Å². The van der Waals surface area contributed by atoms with E-state index in [1.165, 1.54) is 35.1 Å². The van der Waals surface area contributed by atoms with Crippen LogP contribution in [0, 0.1) is 0 Å². The number of aryl methyl sites for hydroxylation is 2. The zero-order valence-electron chi connectivity index (χ0n) is 21.7. The van der Waals surface area contributed by atoms with Crippen molar-refractivity contribution in [3.63, 3.8) is 0 Å². The van der Waals surface area contributed by atoms with E-state index in [0.717, 1.165) is 12.8 Å². The molecule has 1 heteroatoms. The van der Waals surface area contributed by atoms with Gasteiger partial charge in [0.2, 0.25) is 0 Å². The molecule has 0 atom stereocenters. The highest BCUT2D eigenvalue weighted by Crippen LogP contribution is 2.62. The monoisotopic (exact) mass is 478 g/mol. The van der Waals surface area contributed by atoms with Crippen LogP contribution in [0.2, 0.25) is 0 Å². The molecule has 0 radical (unpaired) electrons. The molecule has 0 aliphatic carbocycles. The Labute approximate surface area is 214 Å². The van der Waals surface area contributed by atoms with Gasteiger partial charge in [0.05, 0.1) is 0 Å². The number of benzene rings is 4. The molecule has 0 aromatic heterocycles. The van der Waals surface area contributed by atoms with Crippen LogP contribution in [-0.4, -0.2) is 10.3 Å². The average molecular weight is 479 g/mol. The van der Waals surface area contributed by atoms with Gasteiger partial charge in [-0.2, -0.15) is 0 Å². The molecule has 0 saturated carbocycles. The summed E-state index contributed by atoms with van der Waals surface area (Å²) in [5, 5.41) is 1.93. The molecule has 35 heavy (non-hydrogen) atoms. The summed E-state index contributed by atoms with van der Waals surface area (Å²) in [5.74, 6) is 0. The Hall–Kier alpha value is -2.69. The van der Waals surface area contributed by atoms with E-state index in [2.05, 4.69) is 143 Å². The lowest BCUT2D eigenvalue weighted by Gasteiger charge is -2.47. The molecular weight excluding hydrogens is 439 g/mol. The van der Waals surface area contributed by atoms with Gasteiger partial charge in [0.1, 0.15) is 0 Å². The summed E-state index contributed by atoms with van der Waals surface area (Å²) in [6, 6.07) is 42.2. The highest BCUT2D eigenvalue weighted by molar-refractivity contribution is 7.68. The van der Waals surface area contributed by atoms with Gasteiger partial charge in [0.15, 0.2) is 0 Å². The van der Waals surface area contributed by atoms with Crippen LogP contribution in [0.25, 0.3) is 11.1 Å². The van der Waals surface area contributed by atoms with Crippen LogP contribution in [0.1, 0.15) is 51.7 Å². The Morgan fingerprint density at radius 3 is 1.37 bits per heavy atom. The van der Waals surface area contributed by atoms with E-state index in [-0.39, 0.29) is 10.3 Å². The Balaban J connectivity index is 1.72. The van der Waals surface area contributed by atoms with Gasteiger partial charge in [-0.3, -0.25) is 0 Å². The van der Waals surface area contributed by atoms with Gasteiger partial charge in [-0.1, -0.05) is 151 Å². The Bertz CT molecular complexity index is 1120. The van der Waals surface area contributed by atoms with Gasteiger partial charge < -0.3 is 0 Å². The highest BCUT2D eigenvalue weighted by atomic mass is 31.1. The molecule has 0 fully saturated rings. The molecule has 180 valence electrons. The van der Waals surface area contributed by atoms with E-state index in [0.29, 0.717) is 0 Å². The predicted octanol–water partition coefficient (Wildman–Crippen LogP) is 9.28. The van der Waals surface area contributed by atoms with E-state index < -0.39 is 7.92 Å². The molecule has 0 amide bonds. The topological polar surface area (TPSA) is 0 Å². The summed E-state index contributed by atoms with van der Waals surface area (Å²) in [7, 11) is -0.479. The highest BCUT2D eigenvalue weighted by Gasteiger charge is 2.41. The molecule has 0 aliphatic heterocycles. The minimum Gasteiger partial charge on any atom is -0.0630 e. The Morgan fingerprint density at radius 2 is 0.886 bits per heavy atom. The first-order valence-corrected chi connectivity index (χ1v) is 14.2. The smallest absolute Gasteiger partial charge is 0.0103 e. The molecule has 0 N–H and O–H groups in total. The first-order valence-electron chi connectivity index (χ1n) is 12.9. The Kier molecular flexibility index (Phi) is 8.25. The zero-order valence-corrected chi connectivity index (χ0v) is 22.6. The molecule has 4 aromatic carbocycles. The maximum absolute atomic E-state index is 2.52. The van der Waals surface area contributed by atoms with Crippen molar-refractivity contribution in [2.45, 2.75) is 63.7 Å². The third kappa shape index (κ3) is 6.50. The quantitative estimate of drug-likeness (QED) is 0.199. The van der Waals surface area contributed by atoms with Crippen molar-refractivity contribution in [1.82, 2.24) is 0 Å². The minimum atomic E-state index is -0.479. The summed E-state index contributed by atoms with van der Waals surface area (Å²) in [4.78, 5) is 0. The maximum Gasteiger partial charge on any atom is -0.0103 e. The number of rotatable bonds is 10. The molecule has 4 rings (SSSR count). The lowest BCUT2D eigenvalue weighted by molar-refractivity contribution is 0.573. The van der Waals surface area contributed by atoms with Crippen molar-refractivity contribution >= 4 is 13.2 Å². The first kappa shape index (κ1) is 25.4. The first-order chi connectivity index (χ1) is 16.9. The lowest BCUT2D eigenvalue weighted by Crippen LogP contribution is -2.36. The van der Waals surface area contributed by atoms with Crippen molar-refractivity contribution in [2.24, 2.45) is 0 Å². The SMILES string of the molecule is CC(C)(CCc1ccccc1)P(c1ccccc1-c1ccccc1)C(C)(C)CCc1ccccc1. The molecule has 0 spiro atoms. The summed E-state index contributed by atoms with van der Waals surface area (Å²) in [6.07, 6.45) is 4.60. The van der Waals surface area contributed by atoms with Crippen molar-refractivity contribution in [1.29, 1.82) is 0 Å². The van der Waals surface area contributed by atoms with Crippen LogP contribution >= 0.6 is 7.92 Å². The summed E-state index contributed by atoms with van der Waals surface area (Å²) < 4.78 is 0. The van der Waals surface area contributed by atoms with Gasteiger partial charge in [-0.25, -0.2) is 0 Å². The fraction of sp³-hybridized carbons (Fsp3) is 0.294. The standard InChI is InChI=1S/C34H39P/c1-33(2,26-24-28-16-8-5-9-17-28)35(34(3,4)27-25-29-18-10-6-11-19-29)32-23-15-14-22-31(32)30-20-12-7-13-21-30/h5-23H,24-27H2,1-4H3. The Morgan fingerprint density at radius 1 is 0.486 bits per heavy atom. The molecule has 0 unspecified atom stereocenters. The van der Waals surface area contributed by atoms with Crippen molar-refractivity contribution < 1.29 is 0 Å². The number of hydrogen-bond donors (Lipinski definition) is 0. The van der Waals surface area contributed by atoms with Crippen LogP contribution in [0.4, 0.5) is 0 Å². The number of hydrogen-bond acceptors (Lipinski definition) is 0. The summed E-state index contributed by atoms with van der Waals surface area (Å²) in [6.45, 7) is 10.1. The largest absolute Gasteiger partial charge is 0.0630 e. The molecule has 0 aliphatic rings. The van der Waals surface area contributed by atoms with Crippen molar-refractivity contribution in [3.8, 4) is 11.1 Å². The fourth-order valence-electron chi connectivity index (χ4n) is 5.42. The second-order valence-corrected chi connectivity index (χ2v) is 14.4. The molecule has 0 nitrogen and oxygen atoms in total. The second kappa shape index (κ2) is 11.4. The van der Waals surface area contributed by atoms with E-state index in [4.69, 9.17) is 0 Å². The van der Waals surface area contributed by atoms with Gasteiger partial charge in [-0.15, -0.1) is 0 Å². The molecule has 0 saturated heterocycles. The van der Waals surface area contributed by atoms with Crippen molar-refractivity contribution in [2.75, 3.05) is 0 Å². The maximum atomic E-state index is 2.52. The molecule has 4 aromatic rings. The van der Waals surface area contributed by atoms with E-state index in [9.17, 15) is 0 Å². The molecule has 0 bridgehead atoms. The lowest BCUT2D eigenvalue weighted by atomic mass is 10.0. The molecular formula is C34H39P. The van der Waals surface area contributed by atoms with Crippen LogP contribution in [0.3, 0.4) is 0 Å². The van der Waals surface area contributed by atoms with Crippen LogP contribution in [0.5, 0.6) is 0 Å². The van der Waals surface area contributed by atoms with Gasteiger partial charge >= 0.3 is 0 Å². The fourth-order valence-corrected chi connectivity index (χ4v) is 9.71. The van der Waals surface area contributed by atoms with E-state index in [1.807, 2.05) is 0 Å². The van der Waals surface area contributed by atoms with Gasteiger partial charge in [-0.05, 0) is 63.6 Å².